The average Bonchev–Trinajstić information content (AvgIpc) is 2.52. The maximum atomic E-state index is 12.9. The highest BCUT2D eigenvalue weighted by atomic mass is 16.4. The van der Waals surface area contributed by atoms with Gasteiger partial charge < -0.3 is 5.11 Å². The summed E-state index contributed by atoms with van der Waals surface area (Å²) in [6, 6.07) is 7.68. The van der Waals surface area contributed by atoms with Gasteiger partial charge in [0.2, 0.25) is 5.91 Å². The quantitative estimate of drug-likeness (QED) is 0.909. The van der Waals surface area contributed by atoms with Gasteiger partial charge in [0.05, 0.1) is 5.69 Å². The van der Waals surface area contributed by atoms with Crippen LogP contribution in [0.5, 0.6) is 0 Å². The molecular weight excluding hydrogens is 304 g/mol. The number of allylic oxidation sites excluding steroid dienone is 2. The first-order valence-corrected chi connectivity index (χ1v) is 8.31. The second-order valence-electron chi connectivity index (χ2n) is 6.92. The van der Waals surface area contributed by atoms with Gasteiger partial charge in [-0.3, -0.25) is 9.80 Å². The highest BCUT2D eigenvalue weighted by Gasteiger charge is 2.44. The van der Waals surface area contributed by atoms with Crippen LogP contribution in [0.1, 0.15) is 53.5 Å². The first-order chi connectivity index (χ1) is 11.1. The molecule has 1 aliphatic heterocycles. The molecule has 1 aliphatic rings. The minimum Gasteiger partial charge on any atom is -0.479 e. The number of nitrogens with zero attached hydrogens (tertiary/aromatic N) is 2. The maximum Gasteiger partial charge on any atom is 0.331 e. The van der Waals surface area contributed by atoms with Gasteiger partial charge >= 0.3 is 5.97 Å². The Morgan fingerprint density at radius 1 is 1.21 bits per heavy atom. The molecule has 0 radical (unpaired) electrons. The van der Waals surface area contributed by atoms with E-state index in [4.69, 9.17) is 0 Å². The lowest BCUT2D eigenvalue weighted by atomic mass is 9.93. The molecule has 0 aromatic heterocycles. The number of hydrazine groups is 1. The minimum absolute atomic E-state index is 0.119. The van der Waals surface area contributed by atoms with Crippen LogP contribution in [0.15, 0.2) is 30.0 Å². The van der Waals surface area contributed by atoms with Gasteiger partial charge in [0, 0.05) is 17.2 Å². The van der Waals surface area contributed by atoms with E-state index in [1.54, 1.807) is 23.9 Å². The molecule has 1 heterocycles. The van der Waals surface area contributed by atoms with Crippen molar-refractivity contribution in [3.8, 4) is 0 Å². The van der Waals surface area contributed by atoms with E-state index in [1.165, 1.54) is 0 Å². The third-order valence-corrected chi connectivity index (χ3v) is 4.52. The van der Waals surface area contributed by atoms with Gasteiger partial charge in [-0.15, -0.1) is 0 Å². The number of benzene rings is 1. The van der Waals surface area contributed by atoms with E-state index in [9.17, 15) is 14.7 Å². The lowest BCUT2D eigenvalue weighted by molar-refractivity contribution is -0.149. The van der Waals surface area contributed by atoms with Crippen LogP contribution >= 0.6 is 0 Å². The van der Waals surface area contributed by atoms with Gasteiger partial charge in [0.25, 0.3) is 0 Å². The molecule has 5 heteroatoms. The van der Waals surface area contributed by atoms with Crippen molar-refractivity contribution >= 4 is 23.1 Å². The second kappa shape index (κ2) is 6.30. The molecule has 0 unspecified atom stereocenters. The first-order valence-electron chi connectivity index (χ1n) is 8.31. The van der Waals surface area contributed by atoms with Crippen molar-refractivity contribution in [3.63, 3.8) is 0 Å². The smallest absolute Gasteiger partial charge is 0.331 e. The summed E-state index contributed by atoms with van der Waals surface area (Å²) in [4.78, 5) is 24.9. The van der Waals surface area contributed by atoms with Crippen molar-refractivity contribution in [2.75, 3.05) is 5.01 Å². The summed E-state index contributed by atoms with van der Waals surface area (Å²) in [7, 11) is 0. The van der Waals surface area contributed by atoms with Crippen LogP contribution < -0.4 is 5.01 Å². The highest BCUT2D eigenvalue weighted by Crippen LogP contribution is 2.42. The summed E-state index contributed by atoms with van der Waals surface area (Å²) in [5.41, 5.74) is 2.35. The number of hydrogen-bond donors (Lipinski definition) is 1. The first kappa shape index (κ1) is 18.0. The number of amides is 1. The van der Waals surface area contributed by atoms with Crippen LogP contribution in [-0.2, 0) is 9.59 Å². The number of fused-ring (bicyclic) bond motifs is 1. The largest absolute Gasteiger partial charge is 0.479 e. The fraction of sp³-hybridized carbons (Fsp3) is 0.474. The predicted octanol–water partition coefficient (Wildman–Crippen LogP) is 3.91. The van der Waals surface area contributed by atoms with Gasteiger partial charge in [-0.25, -0.2) is 9.80 Å². The minimum atomic E-state index is -1.25. The summed E-state index contributed by atoms with van der Waals surface area (Å²) in [6.07, 6.45) is 0.763. The zero-order valence-corrected chi connectivity index (χ0v) is 15.3. The molecule has 1 aromatic carbocycles. The van der Waals surface area contributed by atoms with Crippen molar-refractivity contribution in [2.24, 2.45) is 5.92 Å². The van der Waals surface area contributed by atoms with E-state index >= 15 is 0 Å². The number of para-hydroxylation sites is 1. The zero-order chi connectivity index (χ0) is 18.2. The predicted molar refractivity (Wildman–Crippen MR) is 95.2 cm³/mol. The van der Waals surface area contributed by atoms with Crippen molar-refractivity contribution in [3.05, 3.63) is 35.5 Å². The van der Waals surface area contributed by atoms with E-state index in [0.717, 1.165) is 28.9 Å². The normalized spacial score (nSPS) is 15.0. The summed E-state index contributed by atoms with van der Waals surface area (Å²) < 4.78 is 0. The Morgan fingerprint density at radius 3 is 2.29 bits per heavy atom. The summed E-state index contributed by atoms with van der Waals surface area (Å²) >= 11 is 0. The Labute approximate surface area is 143 Å². The molecule has 0 spiro atoms. The van der Waals surface area contributed by atoms with Crippen LogP contribution in [0.2, 0.25) is 0 Å². The van der Waals surface area contributed by atoms with Crippen LogP contribution in [0.4, 0.5) is 5.69 Å². The molecule has 0 atom stereocenters. The van der Waals surface area contributed by atoms with E-state index in [2.05, 4.69) is 0 Å². The Hall–Kier alpha value is -2.30. The highest BCUT2D eigenvalue weighted by molar-refractivity contribution is 6.00. The third kappa shape index (κ3) is 2.68. The SMILES string of the molecule is CCC1=C(C)N(C(C)(C)C(=O)O)N(C(=O)C(C)C)c2ccccc21. The monoisotopic (exact) mass is 330 g/mol. The Morgan fingerprint density at radius 2 is 1.79 bits per heavy atom. The van der Waals surface area contributed by atoms with Gasteiger partial charge in [-0.2, -0.15) is 0 Å². The fourth-order valence-corrected chi connectivity index (χ4v) is 3.16. The molecule has 0 saturated carbocycles. The molecular formula is C19H26N2O3. The average molecular weight is 330 g/mol. The summed E-state index contributed by atoms with van der Waals surface area (Å²) in [5.74, 6) is -1.34. The van der Waals surface area contributed by atoms with Gasteiger partial charge in [-0.1, -0.05) is 39.0 Å². The number of carboxylic acids is 1. The summed E-state index contributed by atoms with van der Waals surface area (Å²) in [6.45, 7) is 10.8. The van der Waals surface area contributed by atoms with Crippen molar-refractivity contribution < 1.29 is 14.7 Å². The number of aliphatic carboxylic acids is 1. The molecule has 5 nitrogen and oxygen atoms in total. The molecule has 24 heavy (non-hydrogen) atoms. The standard InChI is InChI=1S/C19H26N2O3/c1-7-14-13(4)21(19(5,6)18(23)24)20(17(22)12(2)3)16-11-9-8-10-15(14)16/h8-12H,7H2,1-6H3,(H,23,24). The van der Waals surface area contributed by atoms with E-state index in [-0.39, 0.29) is 11.8 Å². The zero-order valence-electron chi connectivity index (χ0n) is 15.3. The number of carbonyl (C=O) groups excluding carboxylic acids is 1. The van der Waals surface area contributed by atoms with Gasteiger partial charge in [0.15, 0.2) is 5.54 Å². The molecule has 2 rings (SSSR count). The Kier molecular flexibility index (Phi) is 4.74. The number of anilines is 1. The van der Waals surface area contributed by atoms with Crippen molar-refractivity contribution in [1.82, 2.24) is 5.01 Å². The molecule has 1 N–H and O–H groups in total. The number of carbonyl (C=O) groups is 2. The molecule has 0 bridgehead atoms. The number of hydrogen-bond acceptors (Lipinski definition) is 3. The fourth-order valence-electron chi connectivity index (χ4n) is 3.16. The molecule has 0 aliphatic carbocycles. The van der Waals surface area contributed by atoms with Crippen LogP contribution in [0.25, 0.3) is 5.57 Å². The van der Waals surface area contributed by atoms with Crippen LogP contribution in [0, 0.1) is 5.92 Å². The second-order valence-corrected chi connectivity index (χ2v) is 6.92. The maximum absolute atomic E-state index is 12.9. The van der Waals surface area contributed by atoms with Crippen LogP contribution in [0.3, 0.4) is 0 Å². The van der Waals surface area contributed by atoms with Crippen molar-refractivity contribution in [2.45, 2.75) is 53.5 Å². The molecule has 0 saturated heterocycles. The molecule has 1 aromatic rings. The Balaban J connectivity index is 2.79. The van der Waals surface area contributed by atoms with Crippen molar-refractivity contribution in [1.29, 1.82) is 0 Å². The number of rotatable bonds is 4. The molecule has 0 fully saturated rings. The van der Waals surface area contributed by atoms with Gasteiger partial charge in [-0.05, 0) is 38.8 Å². The van der Waals surface area contributed by atoms with Gasteiger partial charge in [0.1, 0.15) is 0 Å². The molecule has 1 amide bonds. The lowest BCUT2D eigenvalue weighted by Gasteiger charge is -2.49. The van der Waals surface area contributed by atoms with E-state index < -0.39 is 11.5 Å². The third-order valence-electron chi connectivity index (χ3n) is 4.52. The molecule has 130 valence electrons. The van der Waals surface area contributed by atoms with E-state index in [1.807, 2.05) is 52.0 Å². The lowest BCUT2D eigenvalue weighted by Crippen LogP contribution is -2.61. The van der Waals surface area contributed by atoms with Crippen LogP contribution in [-0.4, -0.2) is 27.5 Å². The Bertz CT molecular complexity index is 704. The number of carboxylic acid groups (broad SMARTS) is 1. The summed E-state index contributed by atoms with van der Waals surface area (Å²) in [5, 5.41) is 12.9. The van der Waals surface area contributed by atoms with E-state index in [0.29, 0.717) is 0 Å². The topological polar surface area (TPSA) is 60.9 Å².